The van der Waals surface area contributed by atoms with Crippen LogP contribution in [0.2, 0.25) is 0 Å². The minimum absolute atomic E-state index is 1.03. The maximum atomic E-state index is 2.51. The molecular weight excluding hydrogens is 372 g/mol. The van der Waals surface area contributed by atoms with Crippen LogP contribution in [0.3, 0.4) is 0 Å². The molecule has 6 heterocycles. The van der Waals surface area contributed by atoms with Crippen molar-refractivity contribution >= 4 is 95.6 Å². The van der Waals surface area contributed by atoms with Gasteiger partial charge in [0, 0.05) is 13.1 Å². The van der Waals surface area contributed by atoms with Gasteiger partial charge < -0.3 is 9.13 Å². The molecule has 0 aliphatic heterocycles. The molecule has 6 rings (SSSR count). The Morgan fingerprint density at radius 1 is 0.667 bits per heavy atom. The number of hydrogen-bond acceptors (Lipinski definition) is 4. The van der Waals surface area contributed by atoms with Gasteiger partial charge in [0.1, 0.15) is 0 Å². The molecule has 0 unspecified atom stereocenters. The molecular formula is C18H14N2S4. The van der Waals surface area contributed by atoms with Gasteiger partial charge in [0.15, 0.2) is 0 Å². The van der Waals surface area contributed by atoms with Gasteiger partial charge in [0.05, 0.1) is 50.3 Å². The van der Waals surface area contributed by atoms with Crippen LogP contribution < -0.4 is 0 Å². The molecule has 0 fully saturated rings. The quantitative estimate of drug-likeness (QED) is 0.294. The molecule has 0 atom stereocenters. The fourth-order valence-electron chi connectivity index (χ4n) is 3.98. The molecule has 0 saturated heterocycles. The summed E-state index contributed by atoms with van der Waals surface area (Å²) in [6.07, 6.45) is 0. The molecule has 0 amide bonds. The smallest absolute Gasteiger partial charge is 0.0792 e. The molecule has 0 aliphatic rings. The zero-order valence-corrected chi connectivity index (χ0v) is 16.5. The van der Waals surface area contributed by atoms with Crippen molar-refractivity contribution in [2.75, 3.05) is 0 Å². The summed E-state index contributed by atoms with van der Waals surface area (Å²) in [5.74, 6) is 0. The van der Waals surface area contributed by atoms with Crippen LogP contribution in [-0.4, -0.2) is 9.13 Å². The summed E-state index contributed by atoms with van der Waals surface area (Å²) in [6.45, 7) is 6.59. The van der Waals surface area contributed by atoms with E-state index in [0.717, 1.165) is 13.1 Å². The van der Waals surface area contributed by atoms with E-state index in [-0.39, 0.29) is 0 Å². The lowest BCUT2D eigenvalue weighted by molar-refractivity contribution is 0.830. The Morgan fingerprint density at radius 3 is 1.50 bits per heavy atom. The summed E-state index contributed by atoms with van der Waals surface area (Å²) < 4.78 is 13.9. The first-order valence-corrected chi connectivity index (χ1v) is 11.5. The lowest BCUT2D eigenvalue weighted by Gasteiger charge is -2.00. The lowest BCUT2D eigenvalue weighted by Crippen LogP contribution is -1.91. The zero-order valence-electron chi connectivity index (χ0n) is 13.3. The van der Waals surface area contributed by atoms with E-state index in [1.54, 1.807) is 0 Å². The Morgan fingerprint density at radius 2 is 1.08 bits per heavy atom. The van der Waals surface area contributed by atoms with E-state index < -0.39 is 0 Å². The van der Waals surface area contributed by atoms with E-state index in [1.807, 2.05) is 45.3 Å². The highest BCUT2D eigenvalue weighted by molar-refractivity contribution is 7.39. The number of hydrogen-bond donors (Lipinski definition) is 0. The van der Waals surface area contributed by atoms with Crippen LogP contribution in [0.5, 0.6) is 0 Å². The minimum Gasteiger partial charge on any atom is -0.338 e. The van der Waals surface area contributed by atoms with Crippen molar-refractivity contribution < 1.29 is 0 Å². The van der Waals surface area contributed by atoms with E-state index in [4.69, 9.17) is 0 Å². The fraction of sp³-hybridized carbons (Fsp3) is 0.222. The van der Waals surface area contributed by atoms with Gasteiger partial charge in [-0.1, -0.05) is 0 Å². The summed E-state index contributed by atoms with van der Waals surface area (Å²) >= 11 is 7.77. The maximum Gasteiger partial charge on any atom is 0.0792 e. The zero-order chi connectivity index (χ0) is 16.0. The van der Waals surface area contributed by atoms with Crippen LogP contribution in [-0.2, 0) is 13.1 Å². The van der Waals surface area contributed by atoms with Crippen LogP contribution in [0.4, 0.5) is 0 Å². The number of thiophene rings is 4. The van der Waals surface area contributed by atoms with Crippen LogP contribution in [0.1, 0.15) is 13.8 Å². The predicted molar refractivity (Wildman–Crippen MR) is 113 cm³/mol. The fourth-order valence-corrected chi connectivity index (χ4v) is 8.98. The summed E-state index contributed by atoms with van der Waals surface area (Å²) in [6, 6.07) is 4.55. The Bertz CT molecular complexity index is 1270. The van der Waals surface area contributed by atoms with Crippen molar-refractivity contribution in [3.05, 3.63) is 22.9 Å². The maximum absolute atomic E-state index is 2.51. The number of aromatic nitrogens is 2. The van der Waals surface area contributed by atoms with Gasteiger partial charge in [-0.25, -0.2) is 0 Å². The van der Waals surface area contributed by atoms with E-state index in [1.165, 1.54) is 50.3 Å². The molecule has 0 saturated carbocycles. The summed E-state index contributed by atoms with van der Waals surface area (Å²) in [5.41, 5.74) is 5.74. The molecule has 0 aromatic carbocycles. The number of nitrogens with zero attached hydrogens (tertiary/aromatic N) is 2. The molecule has 24 heavy (non-hydrogen) atoms. The minimum atomic E-state index is 1.03. The molecule has 2 nitrogen and oxygen atoms in total. The van der Waals surface area contributed by atoms with Crippen molar-refractivity contribution in [1.29, 1.82) is 0 Å². The van der Waals surface area contributed by atoms with Crippen LogP contribution >= 0.6 is 45.3 Å². The second kappa shape index (κ2) is 4.64. The van der Waals surface area contributed by atoms with Crippen LogP contribution in [0, 0.1) is 0 Å². The molecule has 0 bridgehead atoms. The third-order valence-corrected chi connectivity index (χ3v) is 9.57. The Labute approximate surface area is 154 Å². The highest BCUT2D eigenvalue weighted by atomic mass is 32.1. The highest BCUT2D eigenvalue weighted by Gasteiger charge is 2.23. The Hall–Kier alpha value is -1.34. The van der Waals surface area contributed by atoms with Crippen LogP contribution in [0.25, 0.3) is 50.3 Å². The predicted octanol–water partition coefficient (Wildman–Crippen LogP) is 7.34. The van der Waals surface area contributed by atoms with E-state index in [9.17, 15) is 0 Å². The monoisotopic (exact) mass is 386 g/mol. The highest BCUT2D eigenvalue weighted by Crippen LogP contribution is 2.51. The van der Waals surface area contributed by atoms with Crippen LogP contribution in [0.15, 0.2) is 22.9 Å². The standard InChI is InChI=1S/C18H14N2S4/c1-3-19-9-5-7-21-13(9)15-11(19)17-18(23-15)12-16(24-17)14-10(6-8-22-14)20(12)4-2/h5-8H,3-4H2,1-2H3. The van der Waals surface area contributed by atoms with Crippen molar-refractivity contribution in [2.24, 2.45) is 0 Å². The summed E-state index contributed by atoms with van der Waals surface area (Å²) in [7, 11) is 0. The topological polar surface area (TPSA) is 9.86 Å². The molecule has 0 aliphatic carbocycles. The SMILES string of the molecule is CCn1c2ccsc2c2sc3c(sc4c5sccc5n(CC)c43)c21. The molecule has 0 spiro atoms. The Balaban J connectivity index is 1.92. The first-order chi connectivity index (χ1) is 11.8. The number of rotatable bonds is 2. The summed E-state index contributed by atoms with van der Waals surface area (Å²) in [5, 5.41) is 4.45. The average molecular weight is 387 g/mol. The molecule has 120 valence electrons. The number of fused-ring (bicyclic) bond motifs is 9. The van der Waals surface area contributed by atoms with E-state index in [0.29, 0.717) is 0 Å². The molecule has 0 radical (unpaired) electrons. The van der Waals surface area contributed by atoms with Crippen molar-refractivity contribution in [3.8, 4) is 0 Å². The van der Waals surface area contributed by atoms with Gasteiger partial charge in [0.2, 0.25) is 0 Å². The third kappa shape index (κ3) is 1.43. The van der Waals surface area contributed by atoms with Gasteiger partial charge in [0.25, 0.3) is 0 Å². The first-order valence-electron chi connectivity index (χ1n) is 8.13. The normalized spacial score (nSPS) is 12.9. The van der Waals surface area contributed by atoms with Crippen molar-refractivity contribution in [2.45, 2.75) is 26.9 Å². The third-order valence-electron chi connectivity index (χ3n) is 4.93. The summed E-state index contributed by atoms with van der Waals surface area (Å²) in [4.78, 5) is 0. The van der Waals surface area contributed by atoms with Gasteiger partial charge in [-0.2, -0.15) is 0 Å². The molecule has 6 aromatic rings. The molecule has 6 aromatic heterocycles. The number of aryl methyl sites for hydroxylation is 2. The van der Waals surface area contributed by atoms with E-state index >= 15 is 0 Å². The average Bonchev–Trinajstić information content (AvgIpc) is 3.34. The van der Waals surface area contributed by atoms with Crippen molar-refractivity contribution in [1.82, 2.24) is 9.13 Å². The Kier molecular flexibility index (Phi) is 2.68. The van der Waals surface area contributed by atoms with Crippen molar-refractivity contribution in [3.63, 3.8) is 0 Å². The van der Waals surface area contributed by atoms with Gasteiger partial charge in [-0.05, 0) is 36.7 Å². The largest absolute Gasteiger partial charge is 0.338 e. The lowest BCUT2D eigenvalue weighted by atomic mass is 10.4. The second-order valence-corrected chi connectivity index (χ2v) is 9.85. The molecule has 6 heteroatoms. The molecule has 0 N–H and O–H groups in total. The van der Waals surface area contributed by atoms with Gasteiger partial charge >= 0.3 is 0 Å². The first kappa shape index (κ1) is 13.9. The van der Waals surface area contributed by atoms with Gasteiger partial charge in [-0.15, -0.1) is 45.3 Å². The second-order valence-electron chi connectivity index (χ2n) is 5.98. The van der Waals surface area contributed by atoms with E-state index in [2.05, 4.69) is 45.9 Å². The van der Waals surface area contributed by atoms with Gasteiger partial charge in [-0.3, -0.25) is 0 Å².